The minimum atomic E-state index is -0.143. The highest BCUT2D eigenvalue weighted by atomic mass is 16.1. The summed E-state index contributed by atoms with van der Waals surface area (Å²) in [6.45, 7) is 5.96. The number of carbonyl (C=O) groups excluding carboxylic acids is 1. The molecule has 1 amide bonds. The van der Waals surface area contributed by atoms with Gasteiger partial charge in [-0.2, -0.15) is 0 Å². The number of anilines is 1. The summed E-state index contributed by atoms with van der Waals surface area (Å²) in [5, 5.41) is 2.97. The molecule has 20 heavy (non-hydrogen) atoms. The van der Waals surface area contributed by atoms with Gasteiger partial charge in [-0.05, 0) is 44.0 Å². The second-order valence-corrected chi connectivity index (χ2v) is 5.20. The van der Waals surface area contributed by atoms with Crippen LogP contribution >= 0.6 is 0 Å². The Kier molecular flexibility index (Phi) is 4.08. The van der Waals surface area contributed by atoms with Crippen LogP contribution in [0.1, 0.15) is 40.0 Å². The fraction of sp³-hybridized carbons (Fsp3) is 0.235. The Labute approximate surface area is 119 Å². The van der Waals surface area contributed by atoms with Crippen molar-refractivity contribution in [3.05, 3.63) is 64.7 Å². The van der Waals surface area contributed by atoms with Crippen LogP contribution in [0.15, 0.2) is 42.5 Å². The third-order valence-electron chi connectivity index (χ3n) is 3.38. The van der Waals surface area contributed by atoms with Crippen LogP contribution in [-0.4, -0.2) is 5.91 Å². The minimum absolute atomic E-state index is 0.0520. The number of amides is 1. The predicted molar refractivity (Wildman–Crippen MR) is 82.7 cm³/mol. The van der Waals surface area contributed by atoms with Crippen molar-refractivity contribution < 1.29 is 4.79 Å². The molecule has 0 fully saturated rings. The number of hydrogen-bond acceptors (Lipinski definition) is 2. The molecule has 1 atom stereocenters. The number of aryl methyl sites for hydroxylation is 2. The largest absolute Gasteiger partial charge is 0.398 e. The van der Waals surface area contributed by atoms with Crippen LogP contribution in [0.25, 0.3) is 0 Å². The van der Waals surface area contributed by atoms with Gasteiger partial charge < -0.3 is 11.1 Å². The number of rotatable bonds is 3. The van der Waals surface area contributed by atoms with Crippen molar-refractivity contribution in [2.45, 2.75) is 26.8 Å². The molecule has 0 aromatic heterocycles. The molecule has 104 valence electrons. The molecule has 0 radical (unpaired) electrons. The smallest absolute Gasteiger partial charge is 0.253 e. The van der Waals surface area contributed by atoms with Crippen molar-refractivity contribution in [3.63, 3.8) is 0 Å². The molecule has 2 aromatic carbocycles. The Balaban J connectivity index is 2.13. The molecule has 2 aromatic rings. The highest BCUT2D eigenvalue weighted by Crippen LogP contribution is 2.17. The van der Waals surface area contributed by atoms with Gasteiger partial charge in [0.1, 0.15) is 0 Å². The first kappa shape index (κ1) is 14.1. The molecule has 3 N–H and O–H groups in total. The molecule has 1 unspecified atom stereocenters. The summed E-state index contributed by atoms with van der Waals surface area (Å²) in [5.41, 5.74) is 10.3. The lowest BCUT2D eigenvalue weighted by atomic mass is 10.1. The number of nitrogens with one attached hydrogen (secondary N) is 1. The standard InChI is InChI=1S/C17H20N2O/c1-11-4-7-14(8-5-11)13(3)19-17(20)15-9-6-12(2)10-16(15)18/h4-10,13H,18H2,1-3H3,(H,19,20). The summed E-state index contributed by atoms with van der Waals surface area (Å²) in [6.07, 6.45) is 0. The average Bonchev–Trinajstić information content (AvgIpc) is 2.39. The number of carbonyl (C=O) groups is 1. The molecular weight excluding hydrogens is 248 g/mol. The van der Waals surface area contributed by atoms with Gasteiger partial charge >= 0.3 is 0 Å². The van der Waals surface area contributed by atoms with Crippen molar-refractivity contribution in [3.8, 4) is 0 Å². The van der Waals surface area contributed by atoms with E-state index in [4.69, 9.17) is 5.73 Å². The van der Waals surface area contributed by atoms with Gasteiger partial charge in [0.2, 0.25) is 0 Å². The number of benzene rings is 2. The first-order valence-electron chi connectivity index (χ1n) is 6.71. The Morgan fingerprint density at radius 1 is 1.05 bits per heavy atom. The van der Waals surface area contributed by atoms with Gasteiger partial charge in [-0.3, -0.25) is 4.79 Å². The van der Waals surface area contributed by atoms with Crippen LogP contribution in [-0.2, 0) is 0 Å². The predicted octanol–water partition coefficient (Wildman–Crippen LogP) is 3.38. The molecule has 2 rings (SSSR count). The van der Waals surface area contributed by atoms with E-state index in [0.717, 1.165) is 11.1 Å². The van der Waals surface area contributed by atoms with E-state index in [1.807, 2.05) is 57.2 Å². The summed E-state index contributed by atoms with van der Waals surface area (Å²) in [6, 6.07) is 13.5. The van der Waals surface area contributed by atoms with E-state index in [-0.39, 0.29) is 11.9 Å². The van der Waals surface area contributed by atoms with Gasteiger partial charge in [0.15, 0.2) is 0 Å². The van der Waals surface area contributed by atoms with Gasteiger partial charge in [0, 0.05) is 5.69 Å². The Morgan fingerprint density at radius 2 is 1.65 bits per heavy atom. The average molecular weight is 268 g/mol. The Morgan fingerprint density at radius 3 is 2.25 bits per heavy atom. The normalized spacial score (nSPS) is 11.9. The summed E-state index contributed by atoms with van der Waals surface area (Å²) in [4.78, 5) is 12.2. The zero-order valence-corrected chi connectivity index (χ0v) is 12.1. The third-order valence-corrected chi connectivity index (χ3v) is 3.38. The van der Waals surface area contributed by atoms with E-state index < -0.39 is 0 Å². The molecular formula is C17H20N2O. The highest BCUT2D eigenvalue weighted by molar-refractivity contribution is 5.99. The Hall–Kier alpha value is -2.29. The van der Waals surface area contributed by atoms with Crippen molar-refractivity contribution in [1.29, 1.82) is 0 Å². The van der Waals surface area contributed by atoms with Crippen molar-refractivity contribution in [2.24, 2.45) is 0 Å². The molecule has 0 heterocycles. The van der Waals surface area contributed by atoms with Crippen molar-refractivity contribution in [1.82, 2.24) is 5.32 Å². The van der Waals surface area contributed by atoms with E-state index in [1.165, 1.54) is 5.56 Å². The fourth-order valence-corrected chi connectivity index (χ4v) is 2.10. The Bertz CT molecular complexity index is 617. The van der Waals surface area contributed by atoms with Crippen LogP contribution < -0.4 is 11.1 Å². The fourth-order valence-electron chi connectivity index (χ4n) is 2.10. The van der Waals surface area contributed by atoms with Crippen molar-refractivity contribution in [2.75, 3.05) is 5.73 Å². The van der Waals surface area contributed by atoms with E-state index in [1.54, 1.807) is 6.07 Å². The summed E-state index contributed by atoms with van der Waals surface area (Å²) in [7, 11) is 0. The van der Waals surface area contributed by atoms with E-state index in [0.29, 0.717) is 11.3 Å². The van der Waals surface area contributed by atoms with Gasteiger partial charge in [0.25, 0.3) is 5.91 Å². The molecule has 0 aliphatic carbocycles. The van der Waals surface area contributed by atoms with E-state index in [9.17, 15) is 4.79 Å². The molecule has 0 aliphatic heterocycles. The van der Waals surface area contributed by atoms with Gasteiger partial charge in [-0.15, -0.1) is 0 Å². The van der Waals surface area contributed by atoms with Gasteiger partial charge in [0.05, 0.1) is 11.6 Å². The maximum absolute atomic E-state index is 12.2. The topological polar surface area (TPSA) is 55.1 Å². The molecule has 0 saturated heterocycles. The number of nitrogen functional groups attached to an aromatic ring is 1. The summed E-state index contributed by atoms with van der Waals surface area (Å²) >= 11 is 0. The summed E-state index contributed by atoms with van der Waals surface area (Å²) in [5.74, 6) is -0.143. The summed E-state index contributed by atoms with van der Waals surface area (Å²) < 4.78 is 0. The quantitative estimate of drug-likeness (QED) is 0.838. The lowest BCUT2D eigenvalue weighted by Gasteiger charge is -2.15. The molecule has 0 bridgehead atoms. The first-order valence-corrected chi connectivity index (χ1v) is 6.71. The number of nitrogens with two attached hydrogens (primary N) is 1. The van der Waals surface area contributed by atoms with Crippen LogP contribution in [0.3, 0.4) is 0 Å². The zero-order valence-electron chi connectivity index (χ0n) is 12.1. The lowest BCUT2D eigenvalue weighted by Crippen LogP contribution is -2.27. The highest BCUT2D eigenvalue weighted by Gasteiger charge is 2.13. The van der Waals surface area contributed by atoms with E-state index >= 15 is 0 Å². The number of hydrogen-bond donors (Lipinski definition) is 2. The maximum atomic E-state index is 12.2. The molecule has 0 saturated carbocycles. The molecule has 3 nitrogen and oxygen atoms in total. The minimum Gasteiger partial charge on any atom is -0.398 e. The molecule has 0 aliphatic rings. The van der Waals surface area contributed by atoms with Gasteiger partial charge in [-0.1, -0.05) is 35.9 Å². The zero-order chi connectivity index (χ0) is 14.7. The van der Waals surface area contributed by atoms with Crippen molar-refractivity contribution >= 4 is 11.6 Å². The molecule has 3 heteroatoms. The van der Waals surface area contributed by atoms with Crippen LogP contribution in [0.5, 0.6) is 0 Å². The van der Waals surface area contributed by atoms with E-state index in [2.05, 4.69) is 5.32 Å². The monoisotopic (exact) mass is 268 g/mol. The van der Waals surface area contributed by atoms with Crippen LogP contribution in [0, 0.1) is 13.8 Å². The van der Waals surface area contributed by atoms with Gasteiger partial charge in [-0.25, -0.2) is 0 Å². The second kappa shape index (κ2) is 5.78. The second-order valence-electron chi connectivity index (χ2n) is 5.20. The van der Waals surface area contributed by atoms with Crippen LogP contribution in [0.2, 0.25) is 0 Å². The first-order chi connectivity index (χ1) is 9.47. The van der Waals surface area contributed by atoms with Crippen LogP contribution in [0.4, 0.5) is 5.69 Å². The maximum Gasteiger partial charge on any atom is 0.253 e. The lowest BCUT2D eigenvalue weighted by molar-refractivity contribution is 0.0941. The molecule has 0 spiro atoms. The SMILES string of the molecule is Cc1ccc(C(C)NC(=O)c2ccc(C)cc2N)cc1. The third kappa shape index (κ3) is 3.18.